The Hall–Kier alpha value is -0.765. The molecule has 1 atom stereocenters. The summed E-state index contributed by atoms with van der Waals surface area (Å²) in [5, 5.41) is 18.3. The van der Waals surface area contributed by atoms with E-state index in [1.54, 1.807) is 6.08 Å². The highest BCUT2D eigenvalue weighted by atomic mass is 35.5. The zero-order valence-electron chi connectivity index (χ0n) is 7.52. The van der Waals surface area contributed by atoms with Crippen molar-refractivity contribution in [2.24, 2.45) is 0 Å². The van der Waals surface area contributed by atoms with Crippen molar-refractivity contribution in [3.63, 3.8) is 0 Å². The Labute approximate surface area is 88.0 Å². The Kier molecular flexibility index (Phi) is 2.39. The molecule has 1 aromatic rings. The summed E-state index contributed by atoms with van der Waals surface area (Å²) >= 11 is 6.05. The Morgan fingerprint density at radius 1 is 1.29 bits per heavy atom. The second kappa shape index (κ2) is 3.42. The lowest BCUT2D eigenvalue weighted by molar-refractivity contribution is 0.386. The smallest absolute Gasteiger partial charge is 0.426 e. The third kappa shape index (κ3) is 1.59. The summed E-state index contributed by atoms with van der Waals surface area (Å²) in [5.41, 5.74) is 2.13. The number of allylic oxidation sites excluding steroid dienone is 1. The maximum absolute atomic E-state index is 9.13. The van der Waals surface area contributed by atoms with Gasteiger partial charge in [0.15, 0.2) is 0 Å². The van der Waals surface area contributed by atoms with Gasteiger partial charge in [-0.2, -0.15) is 0 Å². The molecule has 1 unspecified atom stereocenters. The second-order valence-electron chi connectivity index (χ2n) is 3.51. The lowest BCUT2D eigenvalue weighted by atomic mass is 9.66. The highest BCUT2D eigenvalue weighted by Crippen LogP contribution is 2.31. The van der Waals surface area contributed by atoms with Crippen LogP contribution in [0.4, 0.5) is 0 Å². The third-order valence-electron chi connectivity index (χ3n) is 2.49. The molecule has 0 spiro atoms. The standard InChI is InChI=1S/C10H10BClO2/c12-10(11(13)14)6-5-8-3-1-2-4-9(8)7-10/h1-6,13-14H,7H2. The molecular weight excluding hydrogens is 198 g/mol. The van der Waals surface area contributed by atoms with Gasteiger partial charge < -0.3 is 10.0 Å². The third-order valence-corrected chi connectivity index (χ3v) is 2.94. The molecule has 2 N–H and O–H groups in total. The summed E-state index contributed by atoms with van der Waals surface area (Å²) in [5.74, 6) is 0. The van der Waals surface area contributed by atoms with Gasteiger partial charge in [0.1, 0.15) is 4.77 Å². The fourth-order valence-electron chi connectivity index (χ4n) is 1.61. The van der Waals surface area contributed by atoms with E-state index in [-0.39, 0.29) is 0 Å². The van der Waals surface area contributed by atoms with E-state index >= 15 is 0 Å². The number of rotatable bonds is 1. The number of hydrogen-bond donors (Lipinski definition) is 2. The van der Waals surface area contributed by atoms with Crippen molar-refractivity contribution < 1.29 is 10.0 Å². The first kappa shape index (κ1) is 9.78. The van der Waals surface area contributed by atoms with Crippen molar-refractivity contribution in [1.82, 2.24) is 0 Å². The normalized spacial score (nSPS) is 24.5. The van der Waals surface area contributed by atoms with Gasteiger partial charge in [-0.3, -0.25) is 0 Å². The molecule has 1 aliphatic carbocycles. The number of fused-ring (bicyclic) bond motifs is 1. The molecule has 2 nitrogen and oxygen atoms in total. The van der Waals surface area contributed by atoms with Crippen LogP contribution in [-0.4, -0.2) is 21.9 Å². The van der Waals surface area contributed by atoms with Crippen LogP contribution in [0.5, 0.6) is 0 Å². The van der Waals surface area contributed by atoms with E-state index in [0.717, 1.165) is 11.1 Å². The average Bonchev–Trinajstić information content (AvgIpc) is 2.17. The largest absolute Gasteiger partial charge is 0.478 e. The lowest BCUT2D eigenvalue weighted by Crippen LogP contribution is -2.42. The maximum Gasteiger partial charge on any atom is 0.478 e. The van der Waals surface area contributed by atoms with Crippen LogP contribution in [-0.2, 0) is 6.42 Å². The summed E-state index contributed by atoms with van der Waals surface area (Å²) in [4.78, 5) is 0. The quantitative estimate of drug-likeness (QED) is 0.539. The van der Waals surface area contributed by atoms with Crippen LogP contribution in [0.3, 0.4) is 0 Å². The average molecular weight is 208 g/mol. The number of benzene rings is 1. The molecule has 0 saturated heterocycles. The van der Waals surface area contributed by atoms with Crippen molar-refractivity contribution >= 4 is 24.8 Å². The van der Waals surface area contributed by atoms with Crippen LogP contribution in [0.25, 0.3) is 6.08 Å². The molecule has 1 aromatic carbocycles. The van der Waals surface area contributed by atoms with Gasteiger partial charge in [0, 0.05) is 0 Å². The highest BCUT2D eigenvalue weighted by Gasteiger charge is 2.39. The molecule has 0 aromatic heterocycles. The van der Waals surface area contributed by atoms with Crippen molar-refractivity contribution in [2.75, 3.05) is 0 Å². The van der Waals surface area contributed by atoms with Crippen molar-refractivity contribution in [3.8, 4) is 0 Å². The Balaban J connectivity index is 2.38. The summed E-state index contributed by atoms with van der Waals surface area (Å²) in [6.07, 6.45) is 3.91. The molecule has 14 heavy (non-hydrogen) atoms. The predicted molar refractivity (Wildman–Crippen MR) is 58.0 cm³/mol. The van der Waals surface area contributed by atoms with E-state index < -0.39 is 11.9 Å². The fourth-order valence-corrected chi connectivity index (χ4v) is 1.82. The van der Waals surface area contributed by atoms with Crippen LogP contribution in [0.15, 0.2) is 30.3 Å². The van der Waals surface area contributed by atoms with Crippen LogP contribution in [0.1, 0.15) is 11.1 Å². The van der Waals surface area contributed by atoms with Crippen LogP contribution < -0.4 is 0 Å². The van der Waals surface area contributed by atoms with Gasteiger partial charge in [0.25, 0.3) is 0 Å². The highest BCUT2D eigenvalue weighted by molar-refractivity contribution is 6.62. The van der Waals surface area contributed by atoms with Crippen molar-refractivity contribution in [2.45, 2.75) is 11.2 Å². The molecular formula is C10H10BClO2. The van der Waals surface area contributed by atoms with Gasteiger partial charge in [0.05, 0.1) is 0 Å². The Bertz CT molecular complexity index is 378. The number of alkyl halides is 1. The number of halogens is 1. The zero-order chi connectivity index (χ0) is 10.2. The Morgan fingerprint density at radius 3 is 2.71 bits per heavy atom. The van der Waals surface area contributed by atoms with Crippen molar-refractivity contribution in [3.05, 3.63) is 41.5 Å². The van der Waals surface area contributed by atoms with Crippen LogP contribution >= 0.6 is 11.6 Å². The second-order valence-corrected chi connectivity index (χ2v) is 4.21. The molecule has 0 amide bonds. The van der Waals surface area contributed by atoms with E-state index in [4.69, 9.17) is 21.6 Å². The molecule has 0 radical (unpaired) electrons. The molecule has 4 heteroatoms. The van der Waals surface area contributed by atoms with Crippen LogP contribution in [0.2, 0.25) is 0 Å². The van der Waals surface area contributed by atoms with Crippen LogP contribution in [0, 0.1) is 0 Å². The first-order valence-electron chi connectivity index (χ1n) is 4.44. The van der Waals surface area contributed by atoms with E-state index in [1.807, 2.05) is 30.3 Å². The van der Waals surface area contributed by atoms with Gasteiger partial charge in [0.2, 0.25) is 0 Å². The number of hydrogen-bond acceptors (Lipinski definition) is 2. The summed E-state index contributed by atoms with van der Waals surface area (Å²) < 4.78 is -1.08. The Morgan fingerprint density at radius 2 is 2.00 bits per heavy atom. The summed E-state index contributed by atoms with van der Waals surface area (Å²) in [6, 6.07) is 7.78. The van der Waals surface area contributed by atoms with Gasteiger partial charge in [-0.25, -0.2) is 0 Å². The molecule has 72 valence electrons. The molecule has 0 bridgehead atoms. The lowest BCUT2D eigenvalue weighted by Gasteiger charge is -2.26. The minimum atomic E-state index is -1.53. The monoisotopic (exact) mass is 208 g/mol. The van der Waals surface area contributed by atoms with E-state index in [1.165, 1.54) is 0 Å². The molecule has 2 rings (SSSR count). The van der Waals surface area contributed by atoms with Gasteiger partial charge in [-0.05, 0) is 17.5 Å². The topological polar surface area (TPSA) is 40.5 Å². The van der Waals surface area contributed by atoms with E-state index in [0.29, 0.717) is 6.42 Å². The van der Waals surface area contributed by atoms with Crippen molar-refractivity contribution in [1.29, 1.82) is 0 Å². The van der Waals surface area contributed by atoms with Gasteiger partial charge in [-0.1, -0.05) is 36.4 Å². The fraction of sp³-hybridized carbons (Fsp3) is 0.200. The van der Waals surface area contributed by atoms with Gasteiger partial charge in [-0.15, -0.1) is 11.6 Å². The van der Waals surface area contributed by atoms with E-state index in [2.05, 4.69) is 0 Å². The predicted octanol–water partition coefficient (Wildman–Crippen LogP) is 1.25. The minimum Gasteiger partial charge on any atom is -0.426 e. The summed E-state index contributed by atoms with van der Waals surface area (Å²) in [7, 11) is -1.53. The SMILES string of the molecule is OB(O)C1(Cl)C=Cc2ccccc2C1. The molecule has 0 fully saturated rings. The summed E-state index contributed by atoms with van der Waals surface area (Å²) in [6.45, 7) is 0. The first-order valence-corrected chi connectivity index (χ1v) is 4.82. The maximum atomic E-state index is 9.13. The minimum absolute atomic E-state index is 0.443. The first-order chi connectivity index (χ1) is 6.62. The zero-order valence-corrected chi connectivity index (χ0v) is 8.28. The molecule has 1 aliphatic rings. The molecule has 0 aliphatic heterocycles. The van der Waals surface area contributed by atoms with Gasteiger partial charge >= 0.3 is 7.12 Å². The van der Waals surface area contributed by atoms with E-state index in [9.17, 15) is 0 Å². The molecule has 0 heterocycles. The molecule has 0 saturated carbocycles.